The lowest BCUT2D eigenvalue weighted by Crippen LogP contribution is -2.04. The predicted molar refractivity (Wildman–Crippen MR) is 116 cm³/mol. The predicted octanol–water partition coefficient (Wildman–Crippen LogP) is 5.22. The molecule has 0 saturated carbocycles. The van der Waals surface area contributed by atoms with Crippen molar-refractivity contribution in [2.24, 2.45) is 0 Å². The van der Waals surface area contributed by atoms with E-state index in [1.807, 2.05) is 0 Å². The molecule has 31 heavy (non-hydrogen) atoms. The molecule has 0 aliphatic carbocycles. The molecule has 3 N–H and O–H groups in total. The van der Waals surface area contributed by atoms with Gasteiger partial charge in [0.2, 0.25) is 5.88 Å². The first-order valence-electron chi connectivity index (χ1n) is 9.41. The van der Waals surface area contributed by atoms with E-state index in [2.05, 4.69) is 9.97 Å². The number of nitrogens with one attached hydrogen (secondary N) is 1. The highest BCUT2D eigenvalue weighted by Gasteiger charge is 2.31. The summed E-state index contributed by atoms with van der Waals surface area (Å²) in [7, 11) is 0. The molecule has 0 saturated heterocycles. The number of carbonyl (C=O) groups excluding carboxylic acids is 1. The van der Waals surface area contributed by atoms with Crippen molar-refractivity contribution >= 4 is 28.4 Å². The van der Waals surface area contributed by atoms with Crippen LogP contribution in [0, 0.1) is 6.92 Å². The summed E-state index contributed by atoms with van der Waals surface area (Å²) in [6.07, 6.45) is 1.56. The number of aryl methyl sites for hydroxylation is 1. The zero-order valence-corrected chi connectivity index (χ0v) is 17.0. The van der Waals surface area contributed by atoms with Crippen LogP contribution in [0.15, 0.2) is 65.3 Å². The van der Waals surface area contributed by atoms with Crippen molar-refractivity contribution in [3.05, 3.63) is 82.8 Å². The lowest BCUT2D eigenvalue weighted by atomic mass is 10.0. The molecule has 0 spiro atoms. The van der Waals surface area contributed by atoms with Crippen LogP contribution < -0.4 is 0 Å². The van der Waals surface area contributed by atoms with Crippen molar-refractivity contribution in [2.45, 2.75) is 6.92 Å². The zero-order chi connectivity index (χ0) is 21.7. The number of aromatic hydroxyl groups is 2. The van der Waals surface area contributed by atoms with Crippen LogP contribution in [0.2, 0.25) is 5.02 Å². The number of aromatic nitrogens is 3. The van der Waals surface area contributed by atoms with E-state index in [0.717, 1.165) is 11.0 Å². The molecule has 5 aromatic rings. The van der Waals surface area contributed by atoms with Gasteiger partial charge in [-0.2, -0.15) is 0 Å². The number of rotatable bonds is 4. The number of furan rings is 1. The third kappa shape index (κ3) is 3.06. The fourth-order valence-electron chi connectivity index (χ4n) is 3.62. The Morgan fingerprint density at radius 3 is 2.58 bits per heavy atom. The standard InChI is InChI=1S/C23H16ClN3O4/c1-12-2-9-18(31-12)20-19(21(28)13-3-5-14(24)6-4-13)22(29)23(30)27(20)15-7-8-16-17(10-15)26-11-25-16/h2-11,29-30H,1H3,(H,25,26). The van der Waals surface area contributed by atoms with Crippen molar-refractivity contribution in [3.63, 3.8) is 0 Å². The van der Waals surface area contributed by atoms with Gasteiger partial charge in [-0.1, -0.05) is 11.6 Å². The molecule has 0 amide bonds. The number of hydrogen-bond donors (Lipinski definition) is 3. The monoisotopic (exact) mass is 433 g/mol. The Hall–Kier alpha value is -3.97. The van der Waals surface area contributed by atoms with Crippen molar-refractivity contribution in [2.75, 3.05) is 0 Å². The lowest BCUT2D eigenvalue weighted by Gasteiger charge is -2.10. The maximum atomic E-state index is 13.4. The van der Waals surface area contributed by atoms with Gasteiger partial charge in [-0.05, 0) is 61.5 Å². The summed E-state index contributed by atoms with van der Waals surface area (Å²) in [6, 6.07) is 15.0. The van der Waals surface area contributed by atoms with Gasteiger partial charge in [0.05, 0.1) is 28.6 Å². The van der Waals surface area contributed by atoms with Crippen molar-refractivity contribution < 1.29 is 19.4 Å². The first-order chi connectivity index (χ1) is 14.9. The summed E-state index contributed by atoms with van der Waals surface area (Å²) in [6.45, 7) is 1.77. The molecule has 3 aromatic heterocycles. The Morgan fingerprint density at radius 2 is 1.87 bits per heavy atom. The average Bonchev–Trinajstić information content (AvgIpc) is 3.46. The van der Waals surface area contributed by atoms with Crippen molar-refractivity contribution in [1.29, 1.82) is 0 Å². The van der Waals surface area contributed by atoms with Gasteiger partial charge in [-0.15, -0.1) is 0 Å². The van der Waals surface area contributed by atoms with E-state index < -0.39 is 17.4 Å². The average molecular weight is 434 g/mol. The minimum atomic E-state index is -0.534. The first kappa shape index (κ1) is 19.0. The van der Waals surface area contributed by atoms with E-state index in [-0.39, 0.29) is 11.3 Å². The Kier molecular flexibility index (Phi) is 4.34. The number of aromatic amines is 1. The first-order valence-corrected chi connectivity index (χ1v) is 9.79. The van der Waals surface area contributed by atoms with Crippen LogP contribution in [0.3, 0.4) is 0 Å². The second-order valence-corrected chi connectivity index (χ2v) is 7.52. The van der Waals surface area contributed by atoms with Gasteiger partial charge in [0.1, 0.15) is 11.5 Å². The van der Waals surface area contributed by atoms with Gasteiger partial charge in [-0.25, -0.2) is 4.98 Å². The summed E-state index contributed by atoms with van der Waals surface area (Å²) in [5.41, 5.74) is 2.47. The smallest absolute Gasteiger partial charge is 0.240 e. The maximum absolute atomic E-state index is 13.4. The van der Waals surface area contributed by atoms with E-state index >= 15 is 0 Å². The second-order valence-electron chi connectivity index (χ2n) is 7.08. The number of carbonyl (C=O) groups is 1. The van der Waals surface area contributed by atoms with Crippen molar-refractivity contribution in [1.82, 2.24) is 14.5 Å². The second kappa shape index (κ2) is 7.07. The summed E-state index contributed by atoms with van der Waals surface area (Å²) in [4.78, 5) is 20.6. The SMILES string of the molecule is Cc1ccc(-c2c(C(=O)c3ccc(Cl)cc3)c(O)c(O)n2-c2ccc3nc[nH]c3c2)o1. The van der Waals surface area contributed by atoms with Gasteiger partial charge < -0.3 is 19.6 Å². The van der Waals surface area contributed by atoms with E-state index in [9.17, 15) is 15.0 Å². The molecule has 0 unspecified atom stereocenters. The Morgan fingerprint density at radius 1 is 1.10 bits per heavy atom. The number of ketones is 1. The molecule has 0 aliphatic heterocycles. The zero-order valence-electron chi connectivity index (χ0n) is 16.3. The maximum Gasteiger partial charge on any atom is 0.240 e. The number of benzene rings is 2. The lowest BCUT2D eigenvalue weighted by molar-refractivity contribution is 0.103. The number of halogens is 1. The summed E-state index contributed by atoms with van der Waals surface area (Å²) >= 11 is 5.94. The van der Waals surface area contributed by atoms with Crippen LogP contribution in [-0.2, 0) is 0 Å². The molecule has 0 fully saturated rings. The summed E-state index contributed by atoms with van der Waals surface area (Å²) < 4.78 is 7.17. The third-order valence-corrected chi connectivity index (χ3v) is 5.34. The van der Waals surface area contributed by atoms with Gasteiger partial charge in [-0.3, -0.25) is 9.36 Å². The van der Waals surface area contributed by atoms with Crippen LogP contribution in [-0.4, -0.2) is 30.5 Å². The topological polar surface area (TPSA) is 104 Å². The molecule has 8 heteroatoms. The summed E-state index contributed by atoms with van der Waals surface area (Å²) in [5.74, 6) is -0.533. The van der Waals surface area contributed by atoms with E-state index in [0.29, 0.717) is 27.8 Å². The Bertz CT molecular complexity index is 1440. The molecule has 0 radical (unpaired) electrons. The van der Waals surface area contributed by atoms with E-state index in [1.54, 1.807) is 67.8 Å². The fourth-order valence-corrected chi connectivity index (χ4v) is 3.74. The largest absolute Gasteiger partial charge is 0.503 e. The minimum absolute atomic E-state index is 0.0705. The fraction of sp³-hybridized carbons (Fsp3) is 0.0435. The minimum Gasteiger partial charge on any atom is -0.503 e. The molecule has 5 rings (SSSR count). The van der Waals surface area contributed by atoms with Crippen LogP contribution in [0.4, 0.5) is 0 Å². The Balaban J connectivity index is 1.79. The quantitative estimate of drug-likeness (QED) is 0.337. The normalized spacial score (nSPS) is 11.3. The highest BCUT2D eigenvalue weighted by molar-refractivity contribution is 6.30. The number of imidazole rings is 1. The number of nitrogens with zero attached hydrogens (tertiary/aromatic N) is 2. The molecule has 7 nitrogen and oxygen atoms in total. The van der Waals surface area contributed by atoms with E-state index in [4.69, 9.17) is 16.0 Å². The molecular weight excluding hydrogens is 418 g/mol. The van der Waals surface area contributed by atoms with Crippen LogP contribution >= 0.6 is 11.6 Å². The van der Waals surface area contributed by atoms with Gasteiger partial charge in [0.25, 0.3) is 0 Å². The highest BCUT2D eigenvalue weighted by atomic mass is 35.5. The summed E-state index contributed by atoms with van der Waals surface area (Å²) in [5, 5.41) is 22.1. The highest BCUT2D eigenvalue weighted by Crippen LogP contribution is 2.44. The molecule has 154 valence electrons. The van der Waals surface area contributed by atoms with E-state index in [1.165, 1.54) is 4.57 Å². The van der Waals surface area contributed by atoms with Crippen LogP contribution in [0.5, 0.6) is 11.6 Å². The van der Waals surface area contributed by atoms with Crippen molar-refractivity contribution in [3.8, 4) is 28.8 Å². The molecule has 0 atom stereocenters. The van der Waals surface area contributed by atoms with Gasteiger partial charge in [0, 0.05) is 10.6 Å². The molecule has 3 heterocycles. The van der Waals surface area contributed by atoms with Gasteiger partial charge in [0.15, 0.2) is 17.3 Å². The molecule has 2 aromatic carbocycles. The van der Waals surface area contributed by atoms with Crippen LogP contribution in [0.25, 0.3) is 28.2 Å². The number of H-pyrrole nitrogens is 1. The third-order valence-electron chi connectivity index (χ3n) is 5.09. The van der Waals surface area contributed by atoms with Gasteiger partial charge >= 0.3 is 0 Å². The number of hydrogen-bond acceptors (Lipinski definition) is 5. The molecule has 0 bridgehead atoms. The van der Waals surface area contributed by atoms with Crippen LogP contribution in [0.1, 0.15) is 21.7 Å². The Labute approximate surface area is 181 Å². The number of fused-ring (bicyclic) bond motifs is 1. The molecule has 0 aliphatic rings. The molecular formula is C23H16ClN3O4.